The summed E-state index contributed by atoms with van der Waals surface area (Å²) in [4.78, 5) is 14.8. The van der Waals surface area contributed by atoms with Crippen LogP contribution in [0.2, 0.25) is 0 Å². The molecule has 1 aromatic rings. The number of carbonyl (C=O) groups excluding carboxylic acids is 1. The third-order valence-electron chi connectivity index (χ3n) is 4.92. The van der Waals surface area contributed by atoms with Crippen molar-refractivity contribution in [1.82, 2.24) is 4.90 Å². The number of unbranched alkanes of at least 4 members (excludes halogenated alkanes) is 5. The van der Waals surface area contributed by atoms with E-state index in [0.29, 0.717) is 29.4 Å². The Morgan fingerprint density at radius 2 is 1.43 bits per heavy atom. The third kappa shape index (κ3) is 7.58. The molecule has 0 aliphatic rings. The average Bonchev–Trinajstić information content (AvgIpc) is 2.73. The van der Waals surface area contributed by atoms with Crippen LogP contribution in [0.3, 0.4) is 0 Å². The Labute approximate surface area is 170 Å². The van der Waals surface area contributed by atoms with Crippen LogP contribution in [0.25, 0.3) is 0 Å². The predicted octanol–water partition coefficient (Wildman–Crippen LogP) is 4.55. The predicted molar refractivity (Wildman–Crippen MR) is 112 cm³/mol. The van der Waals surface area contributed by atoms with Gasteiger partial charge >= 0.3 is 5.97 Å². The van der Waals surface area contributed by atoms with Gasteiger partial charge in [-0.25, -0.2) is 4.79 Å². The van der Waals surface area contributed by atoms with E-state index >= 15 is 0 Å². The van der Waals surface area contributed by atoms with Gasteiger partial charge in [-0.15, -0.1) is 0 Å². The molecule has 0 N–H and O–H groups in total. The summed E-state index contributed by atoms with van der Waals surface area (Å²) in [6, 6.07) is 3.31. The molecule has 6 nitrogen and oxygen atoms in total. The number of ether oxygens (including phenoxy) is 4. The number of carbonyl (C=O) groups is 1. The minimum atomic E-state index is -0.406. The lowest BCUT2D eigenvalue weighted by Gasteiger charge is -2.17. The van der Waals surface area contributed by atoms with E-state index in [9.17, 15) is 4.79 Å². The van der Waals surface area contributed by atoms with E-state index in [2.05, 4.69) is 18.7 Å². The molecule has 0 aromatic heterocycles. The Bertz CT molecular complexity index is 572. The molecule has 0 spiro atoms. The van der Waals surface area contributed by atoms with Gasteiger partial charge in [0.2, 0.25) is 5.75 Å². The lowest BCUT2D eigenvalue weighted by atomic mass is 10.1. The van der Waals surface area contributed by atoms with Crippen LogP contribution in [0.1, 0.15) is 62.7 Å². The maximum absolute atomic E-state index is 12.4. The zero-order valence-electron chi connectivity index (χ0n) is 18.2. The first-order valence-corrected chi connectivity index (χ1v) is 10.3. The number of rotatable bonds is 15. The fourth-order valence-corrected chi connectivity index (χ4v) is 3.19. The molecule has 160 valence electrons. The molecule has 1 rings (SSSR count). The highest BCUT2D eigenvalue weighted by molar-refractivity contribution is 5.94. The van der Waals surface area contributed by atoms with Gasteiger partial charge in [-0.05, 0) is 44.6 Å². The summed E-state index contributed by atoms with van der Waals surface area (Å²) in [5.74, 6) is 0.832. The van der Waals surface area contributed by atoms with Crippen LogP contribution in [0.5, 0.6) is 17.2 Å². The molecule has 0 amide bonds. The Hall–Kier alpha value is -1.95. The summed E-state index contributed by atoms with van der Waals surface area (Å²) in [7, 11) is 4.55. The third-order valence-corrected chi connectivity index (χ3v) is 4.92. The van der Waals surface area contributed by atoms with E-state index in [1.807, 2.05) is 0 Å². The molecular weight excluding hydrogens is 358 g/mol. The molecule has 0 atom stereocenters. The van der Waals surface area contributed by atoms with Crippen LogP contribution in [0, 0.1) is 0 Å². The highest BCUT2D eigenvalue weighted by Crippen LogP contribution is 2.39. The highest BCUT2D eigenvalue weighted by Gasteiger charge is 2.21. The van der Waals surface area contributed by atoms with Crippen LogP contribution in [-0.4, -0.2) is 58.4 Å². The van der Waals surface area contributed by atoms with Crippen molar-refractivity contribution < 1.29 is 23.7 Å². The molecular formula is C22H37NO5. The van der Waals surface area contributed by atoms with Gasteiger partial charge in [0.1, 0.15) is 5.56 Å². The fraction of sp³-hybridized carbons (Fsp3) is 0.682. The van der Waals surface area contributed by atoms with E-state index in [1.165, 1.54) is 46.4 Å². The number of benzene rings is 1. The number of nitrogens with zero attached hydrogens (tertiary/aromatic N) is 1. The van der Waals surface area contributed by atoms with Gasteiger partial charge < -0.3 is 23.8 Å². The van der Waals surface area contributed by atoms with Gasteiger partial charge in [-0.3, -0.25) is 0 Å². The lowest BCUT2D eigenvalue weighted by Crippen LogP contribution is -2.23. The molecule has 0 bridgehead atoms. The molecule has 6 heteroatoms. The van der Waals surface area contributed by atoms with Crippen molar-refractivity contribution in [1.29, 1.82) is 0 Å². The molecule has 1 aromatic carbocycles. The van der Waals surface area contributed by atoms with Gasteiger partial charge in [-0.2, -0.15) is 0 Å². The monoisotopic (exact) mass is 395 g/mol. The normalized spacial score (nSPS) is 10.8. The Balaban J connectivity index is 2.30. The van der Waals surface area contributed by atoms with Crippen LogP contribution < -0.4 is 14.2 Å². The largest absolute Gasteiger partial charge is 0.493 e. The molecule has 0 aliphatic heterocycles. The first-order valence-electron chi connectivity index (χ1n) is 10.3. The van der Waals surface area contributed by atoms with Crippen LogP contribution in [0.15, 0.2) is 12.1 Å². The first kappa shape index (κ1) is 24.1. The summed E-state index contributed by atoms with van der Waals surface area (Å²) < 4.78 is 21.3. The van der Waals surface area contributed by atoms with E-state index in [1.54, 1.807) is 19.2 Å². The highest BCUT2D eigenvalue weighted by atomic mass is 16.5. The van der Waals surface area contributed by atoms with E-state index in [4.69, 9.17) is 18.9 Å². The molecule has 0 unspecified atom stereocenters. The molecule has 28 heavy (non-hydrogen) atoms. The number of hydrogen-bond donors (Lipinski definition) is 0. The molecule has 0 aliphatic carbocycles. The summed E-state index contributed by atoms with van der Waals surface area (Å²) in [6.45, 7) is 8.29. The number of hydrogen-bond acceptors (Lipinski definition) is 6. The lowest BCUT2D eigenvalue weighted by molar-refractivity contribution is 0.0493. The zero-order chi connectivity index (χ0) is 20.8. The van der Waals surface area contributed by atoms with Crippen molar-refractivity contribution in [3.63, 3.8) is 0 Å². The second-order valence-corrected chi connectivity index (χ2v) is 6.67. The minimum Gasteiger partial charge on any atom is -0.493 e. The number of methoxy groups -OCH3 is 3. The van der Waals surface area contributed by atoms with E-state index in [0.717, 1.165) is 25.9 Å². The SMILES string of the molecule is CCN(CC)CCCCCCCCOC(=O)c1ccc(OC)c(OC)c1OC. The average molecular weight is 396 g/mol. The number of esters is 1. The van der Waals surface area contributed by atoms with Crippen LogP contribution in [-0.2, 0) is 4.74 Å². The Morgan fingerprint density at radius 3 is 2.00 bits per heavy atom. The van der Waals surface area contributed by atoms with Crippen molar-refractivity contribution in [3.05, 3.63) is 17.7 Å². The van der Waals surface area contributed by atoms with Gasteiger partial charge in [0.25, 0.3) is 0 Å². The second kappa shape index (κ2) is 14.1. The van der Waals surface area contributed by atoms with Gasteiger partial charge in [0.05, 0.1) is 27.9 Å². The topological polar surface area (TPSA) is 57.2 Å². The molecule has 0 heterocycles. The standard InChI is InChI=1S/C22H37NO5/c1-6-23(7-2)16-12-10-8-9-11-13-17-28-22(24)18-14-15-19(25-3)21(27-5)20(18)26-4/h14-15H,6-13,16-17H2,1-5H3. The van der Waals surface area contributed by atoms with Gasteiger partial charge in [0, 0.05) is 0 Å². The van der Waals surface area contributed by atoms with E-state index < -0.39 is 5.97 Å². The van der Waals surface area contributed by atoms with Crippen molar-refractivity contribution in [3.8, 4) is 17.2 Å². The second-order valence-electron chi connectivity index (χ2n) is 6.67. The Morgan fingerprint density at radius 1 is 0.821 bits per heavy atom. The Kier molecular flexibility index (Phi) is 12.1. The molecule has 0 saturated heterocycles. The summed E-state index contributed by atoms with van der Waals surface area (Å²) in [5.41, 5.74) is 0.344. The minimum absolute atomic E-state index is 0.333. The summed E-state index contributed by atoms with van der Waals surface area (Å²) >= 11 is 0. The smallest absolute Gasteiger partial charge is 0.342 e. The zero-order valence-corrected chi connectivity index (χ0v) is 18.2. The van der Waals surface area contributed by atoms with Crippen molar-refractivity contribution in [2.24, 2.45) is 0 Å². The van der Waals surface area contributed by atoms with Gasteiger partial charge in [0.15, 0.2) is 11.5 Å². The molecule has 0 fully saturated rings. The summed E-state index contributed by atoms with van der Waals surface area (Å²) in [6.07, 6.45) is 6.88. The maximum Gasteiger partial charge on any atom is 0.342 e. The molecule has 0 radical (unpaired) electrons. The van der Waals surface area contributed by atoms with Crippen molar-refractivity contribution >= 4 is 5.97 Å². The van der Waals surface area contributed by atoms with Crippen LogP contribution >= 0.6 is 0 Å². The van der Waals surface area contributed by atoms with Crippen LogP contribution in [0.4, 0.5) is 0 Å². The fourth-order valence-electron chi connectivity index (χ4n) is 3.19. The van der Waals surface area contributed by atoms with Crippen molar-refractivity contribution in [2.75, 3.05) is 47.6 Å². The molecule has 0 saturated carbocycles. The first-order chi connectivity index (χ1) is 13.6. The van der Waals surface area contributed by atoms with E-state index in [-0.39, 0.29) is 0 Å². The van der Waals surface area contributed by atoms with Crippen molar-refractivity contribution in [2.45, 2.75) is 52.4 Å². The van der Waals surface area contributed by atoms with Gasteiger partial charge in [-0.1, -0.05) is 39.5 Å². The maximum atomic E-state index is 12.4. The quantitative estimate of drug-likeness (QED) is 0.321. The summed E-state index contributed by atoms with van der Waals surface area (Å²) in [5, 5.41) is 0.